The number of hydrogen-bond donors (Lipinski definition) is 0. The van der Waals surface area contributed by atoms with E-state index in [9.17, 15) is 0 Å². The van der Waals surface area contributed by atoms with Gasteiger partial charge in [0.1, 0.15) is 5.75 Å². The number of ether oxygens (including phenoxy) is 1. The smallest absolute Gasteiger partial charge is 0.125 e. The second-order valence-corrected chi connectivity index (χ2v) is 5.51. The first-order valence-corrected chi connectivity index (χ1v) is 6.67. The van der Waals surface area contributed by atoms with Crippen LogP contribution in [0, 0.1) is 0 Å². The molecule has 0 saturated heterocycles. The minimum Gasteiger partial charge on any atom is -0.493 e. The normalized spacial score (nSPS) is 28.6. The van der Waals surface area contributed by atoms with Crippen molar-refractivity contribution in [2.24, 2.45) is 0 Å². The van der Waals surface area contributed by atoms with Crippen LogP contribution in [-0.2, 0) is 6.42 Å². The van der Waals surface area contributed by atoms with Gasteiger partial charge >= 0.3 is 0 Å². The van der Waals surface area contributed by atoms with Crippen molar-refractivity contribution in [2.45, 2.75) is 43.4 Å². The van der Waals surface area contributed by atoms with Gasteiger partial charge in [-0.25, -0.2) is 0 Å². The molecule has 1 heterocycles. The minimum atomic E-state index is 0.365. The molecule has 1 aliphatic carbocycles. The van der Waals surface area contributed by atoms with Gasteiger partial charge in [-0.15, -0.1) is 11.6 Å². The van der Waals surface area contributed by atoms with Crippen molar-refractivity contribution in [3.05, 3.63) is 29.3 Å². The highest BCUT2D eigenvalue weighted by atomic mass is 35.5. The summed E-state index contributed by atoms with van der Waals surface area (Å²) in [6.07, 6.45) is 5.80. The minimum absolute atomic E-state index is 0.365. The molecule has 2 unspecified atom stereocenters. The summed E-state index contributed by atoms with van der Waals surface area (Å²) in [7, 11) is 0. The molecule has 0 aromatic heterocycles. The number of hydrogen-bond acceptors (Lipinski definition) is 1. The van der Waals surface area contributed by atoms with E-state index in [1.54, 1.807) is 0 Å². The standard InChI is InChI=1S/C14H17ClO/c15-12-7-6-11(9-12)13-5-1-3-10-4-2-8-16-14(10)13/h1,3,5,11-12H,2,4,6-9H2. The zero-order chi connectivity index (χ0) is 11.0. The van der Waals surface area contributed by atoms with Gasteiger partial charge in [0.15, 0.2) is 0 Å². The van der Waals surface area contributed by atoms with Crippen LogP contribution in [-0.4, -0.2) is 12.0 Å². The molecule has 1 aromatic carbocycles. The van der Waals surface area contributed by atoms with Crippen LogP contribution < -0.4 is 4.74 Å². The third kappa shape index (κ3) is 1.82. The summed E-state index contributed by atoms with van der Waals surface area (Å²) in [5, 5.41) is 0.365. The van der Waals surface area contributed by atoms with Gasteiger partial charge in [-0.3, -0.25) is 0 Å². The van der Waals surface area contributed by atoms with Gasteiger partial charge in [0.25, 0.3) is 0 Å². The summed E-state index contributed by atoms with van der Waals surface area (Å²) in [6.45, 7) is 0.876. The number of para-hydroxylation sites is 1. The zero-order valence-electron chi connectivity index (χ0n) is 9.42. The fourth-order valence-corrected chi connectivity index (χ4v) is 3.29. The summed E-state index contributed by atoms with van der Waals surface area (Å²) < 4.78 is 5.86. The van der Waals surface area contributed by atoms with Gasteiger partial charge in [-0.05, 0) is 49.1 Å². The van der Waals surface area contributed by atoms with Gasteiger partial charge in [0.05, 0.1) is 6.61 Å². The number of aryl methyl sites for hydroxylation is 1. The van der Waals surface area contributed by atoms with E-state index in [0.717, 1.165) is 25.9 Å². The van der Waals surface area contributed by atoms with E-state index in [0.29, 0.717) is 11.3 Å². The number of halogens is 1. The second kappa shape index (κ2) is 4.29. The van der Waals surface area contributed by atoms with Crippen LogP contribution in [0.5, 0.6) is 5.75 Å². The van der Waals surface area contributed by atoms with Gasteiger partial charge in [0, 0.05) is 5.38 Å². The average molecular weight is 237 g/mol. The van der Waals surface area contributed by atoms with Crippen molar-refractivity contribution >= 4 is 11.6 Å². The molecule has 0 N–H and O–H groups in total. The maximum absolute atomic E-state index is 6.20. The van der Waals surface area contributed by atoms with E-state index >= 15 is 0 Å². The highest BCUT2D eigenvalue weighted by Crippen LogP contribution is 2.43. The first kappa shape index (κ1) is 10.5. The lowest BCUT2D eigenvalue weighted by molar-refractivity contribution is 0.283. The summed E-state index contributed by atoms with van der Waals surface area (Å²) in [6, 6.07) is 6.60. The molecular formula is C14H17ClO. The van der Waals surface area contributed by atoms with Gasteiger partial charge in [0.2, 0.25) is 0 Å². The molecule has 16 heavy (non-hydrogen) atoms. The predicted molar refractivity (Wildman–Crippen MR) is 66.5 cm³/mol. The molecule has 0 amide bonds. The van der Waals surface area contributed by atoms with Crippen LogP contribution in [0.2, 0.25) is 0 Å². The molecule has 0 bridgehead atoms. The van der Waals surface area contributed by atoms with Crippen LogP contribution in [0.4, 0.5) is 0 Å². The van der Waals surface area contributed by atoms with Crippen molar-refractivity contribution in [3.63, 3.8) is 0 Å². The van der Waals surface area contributed by atoms with Crippen molar-refractivity contribution < 1.29 is 4.74 Å². The Kier molecular flexibility index (Phi) is 2.81. The predicted octanol–water partition coefficient (Wildman–Crippen LogP) is 3.89. The van der Waals surface area contributed by atoms with E-state index in [1.165, 1.54) is 29.7 Å². The fraction of sp³-hybridized carbons (Fsp3) is 0.571. The first-order valence-electron chi connectivity index (χ1n) is 6.23. The lowest BCUT2D eigenvalue weighted by atomic mass is 9.92. The van der Waals surface area contributed by atoms with Gasteiger partial charge < -0.3 is 4.74 Å². The number of benzene rings is 1. The molecule has 1 aliphatic heterocycles. The largest absolute Gasteiger partial charge is 0.493 e. The molecule has 1 nitrogen and oxygen atoms in total. The molecule has 0 spiro atoms. The molecule has 2 atom stereocenters. The quantitative estimate of drug-likeness (QED) is 0.673. The number of alkyl halides is 1. The lowest BCUT2D eigenvalue weighted by Crippen LogP contribution is -2.11. The molecule has 0 radical (unpaired) electrons. The Morgan fingerprint density at radius 2 is 2.19 bits per heavy atom. The Morgan fingerprint density at radius 3 is 3.00 bits per heavy atom. The third-order valence-corrected chi connectivity index (χ3v) is 4.17. The molecule has 3 rings (SSSR count). The third-order valence-electron chi connectivity index (χ3n) is 3.77. The van der Waals surface area contributed by atoms with Crippen LogP contribution >= 0.6 is 11.6 Å². The molecular weight excluding hydrogens is 220 g/mol. The van der Waals surface area contributed by atoms with Crippen molar-refractivity contribution in [3.8, 4) is 5.75 Å². The topological polar surface area (TPSA) is 9.23 Å². The van der Waals surface area contributed by atoms with Crippen LogP contribution in [0.15, 0.2) is 18.2 Å². The highest BCUT2D eigenvalue weighted by molar-refractivity contribution is 6.20. The Bertz CT molecular complexity index is 388. The van der Waals surface area contributed by atoms with E-state index < -0.39 is 0 Å². The van der Waals surface area contributed by atoms with E-state index in [1.807, 2.05) is 0 Å². The van der Waals surface area contributed by atoms with Crippen molar-refractivity contribution in [2.75, 3.05) is 6.61 Å². The van der Waals surface area contributed by atoms with Crippen molar-refractivity contribution in [1.29, 1.82) is 0 Å². The maximum atomic E-state index is 6.20. The van der Waals surface area contributed by atoms with Crippen LogP contribution in [0.1, 0.15) is 42.7 Å². The molecule has 2 heteroatoms. The molecule has 86 valence electrons. The Hall–Kier alpha value is -0.690. The highest BCUT2D eigenvalue weighted by Gasteiger charge is 2.28. The van der Waals surface area contributed by atoms with Crippen molar-refractivity contribution in [1.82, 2.24) is 0 Å². The SMILES string of the molecule is ClC1CCC(c2cccc3c2OCCC3)C1. The first-order chi connectivity index (χ1) is 7.84. The maximum Gasteiger partial charge on any atom is 0.125 e. The van der Waals surface area contributed by atoms with Gasteiger partial charge in [-0.2, -0.15) is 0 Å². The fourth-order valence-electron chi connectivity index (χ4n) is 2.94. The monoisotopic (exact) mass is 236 g/mol. The summed E-state index contributed by atoms with van der Waals surface area (Å²) in [5.41, 5.74) is 2.79. The summed E-state index contributed by atoms with van der Waals surface area (Å²) in [4.78, 5) is 0. The van der Waals surface area contributed by atoms with Gasteiger partial charge in [-0.1, -0.05) is 18.2 Å². The molecule has 1 fully saturated rings. The Morgan fingerprint density at radius 1 is 1.25 bits per heavy atom. The molecule has 1 aromatic rings. The Labute approximate surface area is 102 Å². The second-order valence-electron chi connectivity index (χ2n) is 4.89. The molecule has 2 aliphatic rings. The van der Waals surface area contributed by atoms with E-state index in [-0.39, 0.29) is 0 Å². The van der Waals surface area contributed by atoms with E-state index in [4.69, 9.17) is 16.3 Å². The lowest BCUT2D eigenvalue weighted by Gasteiger charge is -2.23. The van der Waals surface area contributed by atoms with Crippen LogP contribution in [0.25, 0.3) is 0 Å². The number of fused-ring (bicyclic) bond motifs is 1. The number of rotatable bonds is 1. The zero-order valence-corrected chi connectivity index (χ0v) is 10.2. The van der Waals surface area contributed by atoms with Crippen LogP contribution in [0.3, 0.4) is 0 Å². The molecule has 1 saturated carbocycles. The average Bonchev–Trinajstić information content (AvgIpc) is 2.75. The summed E-state index contributed by atoms with van der Waals surface area (Å²) in [5.74, 6) is 1.79. The van der Waals surface area contributed by atoms with E-state index in [2.05, 4.69) is 18.2 Å². The summed E-state index contributed by atoms with van der Waals surface area (Å²) >= 11 is 6.20. The Balaban J connectivity index is 1.94.